The lowest BCUT2D eigenvalue weighted by atomic mass is 9.98. The Kier molecular flexibility index (Phi) is 4.88. The van der Waals surface area contributed by atoms with E-state index in [-0.39, 0.29) is 5.69 Å². The van der Waals surface area contributed by atoms with Gasteiger partial charge in [0, 0.05) is 35.0 Å². The number of methoxy groups -OCH3 is 2. The molecule has 0 fully saturated rings. The van der Waals surface area contributed by atoms with Crippen LogP contribution in [0, 0.1) is 10.1 Å². The molecule has 0 aliphatic rings. The Balaban J connectivity index is 2.39. The maximum atomic E-state index is 11.5. The highest BCUT2D eigenvalue weighted by Crippen LogP contribution is 2.46. The molecule has 0 unspecified atom stereocenters. The summed E-state index contributed by atoms with van der Waals surface area (Å²) in [5.41, 5.74) is 1.26. The van der Waals surface area contributed by atoms with Gasteiger partial charge in [0.2, 0.25) is 5.75 Å². The lowest BCUT2D eigenvalue weighted by Crippen LogP contribution is -2.01. The largest absolute Gasteiger partial charge is 0.493 e. The van der Waals surface area contributed by atoms with Crippen molar-refractivity contribution in [1.82, 2.24) is 4.98 Å². The van der Waals surface area contributed by atoms with E-state index < -0.39 is 4.92 Å². The smallest absolute Gasteiger partial charge is 0.277 e. The second-order valence-corrected chi connectivity index (χ2v) is 5.43. The van der Waals surface area contributed by atoms with E-state index in [1.807, 2.05) is 6.92 Å². The number of rotatable bonds is 6. The molecule has 0 aliphatic carbocycles. The first-order chi connectivity index (χ1) is 12.6. The highest BCUT2D eigenvalue weighted by atomic mass is 16.6. The maximum absolute atomic E-state index is 11.5. The predicted octanol–water partition coefficient (Wildman–Crippen LogP) is 4.23. The quantitative estimate of drug-likeness (QED) is 0.487. The van der Waals surface area contributed by atoms with E-state index in [0.717, 1.165) is 0 Å². The molecule has 7 heteroatoms. The molecule has 0 bridgehead atoms. The average Bonchev–Trinajstić information content (AvgIpc) is 2.66. The summed E-state index contributed by atoms with van der Waals surface area (Å²) in [6.45, 7) is 2.25. The third kappa shape index (κ3) is 2.88. The lowest BCUT2D eigenvalue weighted by Gasteiger charge is -2.17. The Bertz CT molecular complexity index is 966. The van der Waals surface area contributed by atoms with Crippen LogP contribution in [0.4, 0.5) is 5.69 Å². The first kappa shape index (κ1) is 17.5. The highest BCUT2D eigenvalue weighted by Gasteiger charge is 2.22. The molecule has 0 saturated heterocycles. The molecule has 0 spiro atoms. The van der Waals surface area contributed by atoms with E-state index in [9.17, 15) is 10.1 Å². The van der Waals surface area contributed by atoms with Crippen molar-refractivity contribution in [3.8, 4) is 28.4 Å². The molecule has 26 heavy (non-hydrogen) atoms. The predicted molar refractivity (Wildman–Crippen MR) is 98.1 cm³/mol. The molecule has 2 aromatic carbocycles. The number of nitrogens with zero attached hydrogens (tertiary/aromatic N) is 2. The fraction of sp³-hybridized carbons (Fsp3) is 0.211. The molecule has 0 atom stereocenters. The van der Waals surface area contributed by atoms with Crippen LogP contribution in [0.25, 0.3) is 21.9 Å². The number of benzene rings is 2. The topological polar surface area (TPSA) is 83.7 Å². The molecular formula is C19H18N2O5. The number of pyridine rings is 1. The summed E-state index contributed by atoms with van der Waals surface area (Å²) in [6.07, 6.45) is 3.20. The first-order valence-corrected chi connectivity index (χ1v) is 8.01. The number of fused-ring (bicyclic) bond motifs is 1. The van der Waals surface area contributed by atoms with E-state index in [1.165, 1.54) is 20.3 Å². The summed E-state index contributed by atoms with van der Waals surface area (Å²) in [6, 6.07) is 8.45. The summed E-state index contributed by atoms with van der Waals surface area (Å²) in [4.78, 5) is 15.4. The maximum Gasteiger partial charge on any atom is 0.277 e. The molecule has 0 aliphatic heterocycles. The van der Waals surface area contributed by atoms with Gasteiger partial charge in [0.15, 0.2) is 11.5 Å². The van der Waals surface area contributed by atoms with Crippen molar-refractivity contribution < 1.29 is 19.1 Å². The van der Waals surface area contributed by atoms with Crippen LogP contribution >= 0.6 is 0 Å². The minimum Gasteiger partial charge on any atom is -0.493 e. The van der Waals surface area contributed by atoms with E-state index in [0.29, 0.717) is 45.8 Å². The van der Waals surface area contributed by atoms with Gasteiger partial charge in [-0.25, -0.2) is 0 Å². The summed E-state index contributed by atoms with van der Waals surface area (Å²) in [7, 11) is 3.06. The van der Waals surface area contributed by atoms with Crippen molar-refractivity contribution in [3.05, 3.63) is 52.8 Å². The Hall–Kier alpha value is -3.35. The van der Waals surface area contributed by atoms with Crippen LogP contribution < -0.4 is 14.2 Å². The van der Waals surface area contributed by atoms with Crippen LogP contribution in [-0.2, 0) is 0 Å². The van der Waals surface area contributed by atoms with Crippen LogP contribution in [0.3, 0.4) is 0 Å². The lowest BCUT2D eigenvalue weighted by molar-refractivity contribution is -0.383. The molecular weight excluding hydrogens is 336 g/mol. The standard InChI is InChI=1S/C19H18N2O5/c1-4-26-18-13(8-9-16(24-2)19(18)25-3)14-11-20-10-12-6-5-7-15(17(12)14)21(22)23/h5-11H,4H2,1-3H3. The van der Waals surface area contributed by atoms with Gasteiger partial charge in [0.1, 0.15) is 0 Å². The van der Waals surface area contributed by atoms with Gasteiger partial charge < -0.3 is 14.2 Å². The Morgan fingerprint density at radius 2 is 1.85 bits per heavy atom. The molecule has 3 aromatic rings. The molecule has 1 aromatic heterocycles. The second kappa shape index (κ2) is 7.26. The van der Waals surface area contributed by atoms with Gasteiger partial charge in [0.25, 0.3) is 5.69 Å². The Morgan fingerprint density at radius 1 is 1.04 bits per heavy atom. The third-order valence-electron chi connectivity index (χ3n) is 4.04. The first-order valence-electron chi connectivity index (χ1n) is 8.01. The molecule has 0 radical (unpaired) electrons. The highest BCUT2D eigenvalue weighted by molar-refractivity contribution is 6.03. The van der Waals surface area contributed by atoms with E-state index in [4.69, 9.17) is 14.2 Å². The monoisotopic (exact) mass is 354 g/mol. The molecule has 0 N–H and O–H groups in total. The zero-order valence-corrected chi connectivity index (χ0v) is 14.7. The fourth-order valence-corrected chi connectivity index (χ4v) is 2.97. The molecule has 1 heterocycles. The summed E-state index contributed by atoms with van der Waals surface area (Å²) >= 11 is 0. The number of nitro groups is 1. The van der Waals surface area contributed by atoms with Gasteiger partial charge in [-0.2, -0.15) is 0 Å². The van der Waals surface area contributed by atoms with E-state index in [2.05, 4.69) is 4.98 Å². The summed E-state index contributed by atoms with van der Waals surface area (Å²) in [5, 5.41) is 12.7. The summed E-state index contributed by atoms with van der Waals surface area (Å²) < 4.78 is 16.6. The number of hydrogen-bond acceptors (Lipinski definition) is 6. The number of non-ortho nitro benzene ring substituents is 1. The van der Waals surface area contributed by atoms with Gasteiger partial charge >= 0.3 is 0 Å². The fourth-order valence-electron chi connectivity index (χ4n) is 2.97. The Labute approximate surface area is 150 Å². The molecule has 7 nitrogen and oxygen atoms in total. The van der Waals surface area contributed by atoms with Gasteiger partial charge in [-0.1, -0.05) is 12.1 Å². The van der Waals surface area contributed by atoms with Crippen molar-refractivity contribution >= 4 is 16.5 Å². The average molecular weight is 354 g/mol. The van der Waals surface area contributed by atoms with Crippen LogP contribution in [0.2, 0.25) is 0 Å². The van der Waals surface area contributed by atoms with Crippen molar-refractivity contribution in [2.24, 2.45) is 0 Å². The normalized spacial score (nSPS) is 10.6. The third-order valence-corrected chi connectivity index (χ3v) is 4.04. The van der Waals surface area contributed by atoms with Gasteiger partial charge in [0.05, 0.1) is 31.1 Å². The molecule has 3 rings (SSSR count). The molecule has 0 saturated carbocycles. The Morgan fingerprint density at radius 3 is 2.50 bits per heavy atom. The summed E-state index contributed by atoms with van der Waals surface area (Å²) in [5.74, 6) is 1.41. The number of aromatic nitrogens is 1. The number of nitro benzene ring substituents is 1. The van der Waals surface area contributed by atoms with Crippen molar-refractivity contribution in [2.45, 2.75) is 6.92 Å². The van der Waals surface area contributed by atoms with Crippen molar-refractivity contribution in [3.63, 3.8) is 0 Å². The zero-order chi connectivity index (χ0) is 18.7. The second-order valence-electron chi connectivity index (χ2n) is 5.43. The van der Waals surface area contributed by atoms with Crippen molar-refractivity contribution in [1.29, 1.82) is 0 Å². The van der Waals surface area contributed by atoms with Crippen LogP contribution in [0.1, 0.15) is 6.92 Å². The zero-order valence-electron chi connectivity index (χ0n) is 14.7. The number of hydrogen-bond donors (Lipinski definition) is 0. The van der Waals surface area contributed by atoms with Crippen LogP contribution in [-0.4, -0.2) is 30.7 Å². The minimum absolute atomic E-state index is 0.0112. The number of ether oxygens (including phenoxy) is 3. The van der Waals surface area contributed by atoms with E-state index >= 15 is 0 Å². The SMILES string of the molecule is CCOc1c(-c2cncc3cccc([N+](=O)[O-])c23)ccc(OC)c1OC. The van der Waals surface area contributed by atoms with Gasteiger partial charge in [-0.15, -0.1) is 0 Å². The minimum atomic E-state index is -0.396. The van der Waals surface area contributed by atoms with Crippen LogP contribution in [0.15, 0.2) is 42.7 Å². The van der Waals surface area contributed by atoms with E-state index in [1.54, 1.807) is 36.7 Å². The van der Waals surface area contributed by atoms with Crippen molar-refractivity contribution in [2.75, 3.05) is 20.8 Å². The molecule has 0 amide bonds. The van der Waals surface area contributed by atoms with Gasteiger partial charge in [-0.05, 0) is 19.1 Å². The van der Waals surface area contributed by atoms with Crippen LogP contribution in [0.5, 0.6) is 17.2 Å². The van der Waals surface area contributed by atoms with Gasteiger partial charge in [-0.3, -0.25) is 15.1 Å². The molecule has 134 valence electrons.